The maximum atomic E-state index is 11.9. The van der Waals surface area contributed by atoms with Gasteiger partial charge in [-0.2, -0.15) is 9.78 Å². The van der Waals surface area contributed by atoms with Gasteiger partial charge in [-0.15, -0.1) is 0 Å². The summed E-state index contributed by atoms with van der Waals surface area (Å²) in [5.41, 5.74) is 3.51. The first-order valence-electron chi connectivity index (χ1n) is 9.25. The molecule has 0 saturated carbocycles. The third-order valence-corrected chi connectivity index (χ3v) is 4.14. The lowest BCUT2D eigenvalue weighted by Crippen LogP contribution is -2.24. The number of benzene rings is 2. The molecule has 0 bridgehead atoms. The maximum absolute atomic E-state index is 11.9. The molecule has 1 N–H and O–H groups in total. The first-order valence-corrected chi connectivity index (χ1v) is 9.25. The van der Waals surface area contributed by atoms with E-state index < -0.39 is 21.7 Å². The van der Waals surface area contributed by atoms with Crippen LogP contribution in [0.4, 0.5) is 11.6 Å². The standard InChI is InChI=1S/C19H17N7O7/c1-32-17-7-2-13(8-14(17)10-24-12-20-19(23-24)26(30)31)9-21-22-18(27)11-33-16-5-3-15(4-6-16)25(28)29/h2-9,12H,10-11H2,1H3,(H,22,27)/b21-9+. The van der Waals surface area contributed by atoms with E-state index in [1.807, 2.05) is 0 Å². The van der Waals surface area contributed by atoms with Crippen LogP contribution in [0.2, 0.25) is 0 Å². The van der Waals surface area contributed by atoms with Gasteiger partial charge in [0, 0.05) is 22.8 Å². The minimum Gasteiger partial charge on any atom is -0.496 e. The van der Waals surface area contributed by atoms with E-state index >= 15 is 0 Å². The molecule has 3 aromatic rings. The Hall–Kier alpha value is -4.88. The third kappa shape index (κ3) is 6.30. The predicted octanol–water partition coefficient (Wildman–Crippen LogP) is 1.68. The SMILES string of the molecule is COc1ccc(/C=N/NC(=O)COc2ccc([N+](=O)[O-])cc2)cc1Cn1cnc([N+](=O)[O-])n1. The van der Waals surface area contributed by atoms with Gasteiger partial charge in [-0.05, 0) is 40.8 Å². The Kier molecular flexibility index (Phi) is 7.20. The number of hydrogen-bond donors (Lipinski definition) is 1. The van der Waals surface area contributed by atoms with E-state index in [1.54, 1.807) is 18.2 Å². The predicted molar refractivity (Wildman–Crippen MR) is 113 cm³/mol. The van der Waals surface area contributed by atoms with Gasteiger partial charge in [-0.3, -0.25) is 14.9 Å². The van der Waals surface area contributed by atoms with E-state index in [4.69, 9.17) is 9.47 Å². The molecule has 14 heteroatoms. The molecular weight excluding hydrogens is 438 g/mol. The molecule has 0 fully saturated rings. The van der Waals surface area contributed by atoms with E-state index in [0.717, 1.165) is 0 Å². The summed E-state index contributed by atoms with van der Waals surface area (Å²) in [4.78, 5) is 35.6. The number of nitrogens with zero attached hydrogens (tertiary/aromatic N) is 6. The van der Waals surface area contributed by atoms with Crippen molar-refractivity contribution < 1.29 is 24.1 Å². The lowest BCUT2D eigenvalue weighted by atomic mass is 10.1. The molecular formula is C19H17N7O7. The van der Waals surface area contributed by atoms with E-state index in [9.17, 15) is 25.0 Å². The Bertz CT molecular complexity index is 1190. The summed E-state index contributed by atoms with van der Waals surface area (Å²) < 4.78 is 11.9. The minimum atomic E-state index is -0.690. The van der Waals surface area contributed by atoms with Crippen LogP contribution in [-0.2, 0) is 11.3 Å². The molecule has 3 rings (SSSR count). The summed E-state index contributed by atoms with van der Waals surface area (Å²) in [5.74, 6) is -0.211. The van der Waals surface area contributed by atoms with Gasteiger partial charge in [0.15, 0.2) is 6.61 Å². The lowest BCUT2D eigenvalue weighted by Gasteiger charge is -2.08. The topological polar surface area (TPSA) is 177 Å². The summed E-state index contributed by atoms with van der Waals surface area (Å²) in [6.07, 6.45) is 2.64. The van der Waals surface area contributed by atoms with Gasteiger partial charge in [0.2, 0.25) is 6.33 Å². The van der Waals surface area contributed by atoms with Crippen molar-refractivity contribution in [2.45, 2.75) is 6.54 Å². The zero-order chi connectivity index (χ0) is 23.8. The van der Waals surface area contributed by atoms with Crippen molar-refractivity contribution in [1.82, 2.24) is 20.2 Å². The monoisotopic (exact) mass is 455 g/mol. The Morgan fingerprint density at radius 1 is 1.18 bits per heavy atom. The van der Waals surface area contributed by atoms with Crippen LogP contribution in [0.5, 0.6) is 11.5 Å². The number of carbonyl (C=O) groups excluding carboxylic acids is 1. The van der Waals surface area contributed by atoms with Crippen molar-refractivity contribution in [3.8, 4) is 11.5 Å². The van der Waals surface area contributed by atoms with Crippen molar-refractivity contribution in [1.29, 1.82) is 0 Å². The lowest BCUT2D eigenvalue weighted by molar-refractivity contribution is -0.394. The molecule has 0 spiro atoms. The number of aromatic nitrogens is 3. The van der Waals surface area contributed by atoms with Gasteiger partial charge >= 0.3 is 5.95 Å². The fourth-order valence-corrected chi connectivity index (χ4v) is 2.65. The smallest absolute Gasteiger partial charge is 0.490 e. The van der Waals surface area contributed by atoms with Gasteiger partial charge < -0.3 is 19.6 Å². The fraction of sp³-hybridized carbons (Fsp3) is 0.158. The Labute approximate surface area is 185 Å². The first-order chi connectivity index (χ1) is 15.9. The number of non-ortho nitro benzene ring substituents is 1. The molecule has 1 aromatic heterocycles. The highest BCUT2D eigenvalue weighted by Crippen LogP contribution is 2.21. The van der Waals surface area contributed by atoms with Gasteiger partial charge in [0.05, 0.1) is 24.8 Å². The molecule has 0 saturated heterocycles. The van der Waals surface area contributed by atoms with E-state index in [2.05, 4.69) is 20.6 Å². The summed E-state index contributed by atoms with van der Waals surface area (Å²) >= 11 is 0. The van der Waals surface area contributed by atoms with E-state index in [-0.39, 0.29) is 18.8 Å². The van der Waals surface area contributed by atoms with Crippen LogP contribution < -0.4 is 14.9 Å². The Morgan fingerprint density at radius 3 is 2.58 bits per heavy atom. The molecule has 1 amide bonds. The van der Waals surface area contributed by atoms with E-state index in [1.165, 1.54) is 48.6 Å². The van der Waals surface area contributed by atoms with Crippen LogP contribution >= 0.6 is 0 Å². The first kappa shape index (κ1) is 22.8. The number of hydrogen-bond acceptors (Lipinski definition) is 10. The van der Waals surface area contributed by atoms with Crippen LogP contribution in [0.15, 0.2) is 53.9 Å². The summed E-state index contributed by atoms with van der Waals surface area (Å²) in [6, 6.07) is 10.4. The number of methoxy groups -OCH3 is 1. The normalized spacial score (nSPS) is 10.7. The average molecular weight is 455 g/mol. The molecule has 1 heterocycles. The number of rotatable bonds is 10. The zero-order valence-electron chi connectivity index (χ0n) is 17.2. The third-order valence-electron chi connectivity index (χ3n) is 4.14. The molecule has 0 radical (unpaired) electrons. The zero-order valence-corrected chi connectivity index (χ0v) is 17.2. The second-order valence-electron chi connectivity index (χ2n) is 6.40. The van der Waals surface area contributed by atoms with Crippen LogP contribution in [0, 0.1) is 20.2 Å². The summed E-state index contributed by atoms with van der Waals surface area (Å²) in [5, 5.41) is 29.0. The molecule has 33 heavy (non-hydrogen) atoms. The molecule has 0 unspecified atom stereocenters. The number of nitro groups is 2. The summed E-state index contributed by atoms with van der Waals surface area (Å²) in [7, 11) is 1.49. The molecule has 0 aliphatic carbocycles. The van der Waals surface area contributed by atoms with Crippen LogP contribution in [0.3, 0.4) is 0 Å². The quantitative estimate of drug-likeness (QED) is 0.270. The number of ether oxygens (including phenoxy) is 2. The van der Waals surface area contributed by atoms with Crippen molar-refractivity contribution in [3.63, 3.8) is 0 Å². The van der Waals surface area contributed by atoms with Crippen LogP contribution in [-0.4, -0.2) is 50.4 Å². The van der Waals surface area contributed by atoms with Gasteiger partial charge in [-0.1, -0.05) is 4.98 Å². The number of hydrazone groups is 1. The fourth-order valence-electron chi connectivity index (χ4n) is 2.65. The largest absolute Gasteiger partial charge is 0.496 e. The van der Waals surface area contributed by atoms with Crippen molar-refractivity contribution in [3.05, 3.63) is 80.1 Å². The second-order valence-corrected chi connectivity index (χ2v) is 6.40. The number of amides is 1. The Morgan fingerprint density at radius 2 is 1.94 bits per heavy atom. The highest BCUT2D eigenvalue weighted by Gasteiger charge is 2.15. The van der Waals surface area contributed by atoms with Crippen molar-refractivity contribution >= 4 is 23.8 Å². The highest BCUT2D eigenvalue weighted by molar-refractivity contribution is 5.83. The molecule has 2 aromatic carbocycles. The molecule has 0 aliphatic heterocycles. The van der Waals surface area contributed by atoms with Crippen molar-refractivity contribution in [2.24, 2.45) is 5.10 Å². The van der Waals surface area contributed by atoms with Gasteiger partial charge in [0.25, 0.3) is 11.6 Å². The molecule has 14 nitrogen and oxygen atoms in total. The van der Waals surface area contributed by atoms with Crippen LogP contribution in [0.25, 0.3) is 0 Å². The van der Waals surface area contributed by atoms with E-state index in [0.29, 0.717) is 22.6 Å². The second kappa shape index (κ2) is 10.4. The molecule has 0 aliphatic rings. The summed E-state index contributed by atoms with van der Waals surface area (Å²) in [6.45, 7) is -0.171. The average Bonchev–Trinajstić information content (AvgIpc) is 3.27. The van der Waals surface area contributed by atoms with Crippen LogP contribution in [0.1, 0.15) is 11.1 Å². The number of carbonyl (C=O) groups is 1. The highest BCUT2D eigenvalue weighted by atomic mass is 16.6. The molecule has 170 valence electrons. The number of nitro benzene ring substituents is 1. The van der Waals surface area contributed by atoms with Crippen molar-refractivity contribution in [2.75, 3.05) is 13.7 Å². The molecule has 0 atom stereocenters. The minimum absolute atomic E-state index is 0.0858. The van der Waals surface area contributed by atoms with Gasteiger partial charge in [0.1, 0.15) is 11.5 Å². The maximum Gasteiger partial charge on any atom is 0.490 e. The van der Waals surface area contributed by atoms with Gasteiger partial charge in [-0.25, -0.2) is 5.43 Å². The Balaban J connectivity index is 1.57. The number of nitrogens with one attached hydrogen (secondary N) is 1.